The third-order valence-electron chi connectivity index (χ3n) is 4.98. The van der Waals surface area contributed by atoms with Crippen LogP contribution in [0, 0.1) is 0 Å². The molecule has 0 amide bonds. The molecule has 1 aliphatic rings. The first-order valence-electron chi connectivity index (χ1n) is 9.70. The molecule has 3 aromatic rings. The minimum atomic E-state index is 0.771. The molecule has 0 saturated carbocycles. The van der Waals surface area contributed by atoms with E-state index in [4.69, 9.17) is 18.6 Å². The first-order valence-corrected chi connectivity index (χ1v) is 9.70. The standard InChI is InChI=1S/C23H25N2O4/c1-5-24-18-14-16(26-3)10-12-20(18)28-22(24)8-7-9-23-25(6-2)19-15-17(27-4)11-13-21(19)29-23/h7-15H,5-6H2,1-4H3/q+1. The summed E-state index contributed by atoms with van der Waals surface area (Å²) >= 11 is 0. The third kappa shape index (κ3) is 3.42. The van der Waals surface area contributed by atoms with Gasteiger partial charge in [0.1, 0.15) is 18.0 Å². The molecular weight excluding hydrogens is 368 g/mol. The summed E-state index contributed by atoms with van der Waals surface area (Å²) in [5.41, 5.74) is 2.84. The Balaban J connectivity index is 1.63. The summed E-state index contributed by atoms with van der Waals surface area (Å²) in [6.45, 7) is 5.76. The molecule has 0 saturated heterocycles. The zero-order valence-corrected chi connectivity index (χ0v) is 17.1. The van der Waals surface area contributed by atoms with E-state index >= 15 is 0 Å². The lowest BCUT2D eigenvalue weighted by molar-refractivity contribution is -0.674. The monoisotopic (exact) mass is 393 g/mol. The van der Waals surface area contributed by atoms with Gasteiger partial charge in [0.05, 0.1) is 32.0 Å². The minimum absolute atomic E-state index is 0.771. The van der Waals surface area contributed by atoms with Crippen molar-refractivity contribution >= 4 is 22.9 Å². The van der Waals surface area contributed by atoms with Gasteiger partial charge in [-0.1, -0.05) is 0 Å². The number of aromatic nitrogens is 1. The summed E-state index contributed by atoms with van der Waals surface area (Å²) in [5, 5.41) is 0. The Hall–Kier alpha value is -3.41. The van der Waals surface area contributed by atoms with Crippen molar-refractivity contribution in [3.63, 3.8) is 0 Å². The fraction of sp³-hybridized carbons (Fsp3) is 0.261. The molecule has 0 atom stereocenters. The van der Waals surface area contributed by atoms with E-state index in [1.807, 2.05) is 54.6 Å². The van der Waals surface area contributed by atoms with E-state index < -0.39 is 0 Å². The lowest BCUT2D eigenvalue weighted by Gasteiger charge is -2.15. The number of oxazole rings is 1. The molecule has 0 N–H and O–H groups in total. The van der Waals surface area contributed by atoms with Crippen LogP contribution in [0.5, 0.6) is 17.2 Å². The van der Waals surface area contributed by atoms with Crippen molar-refractivity contribution in [3.8, 4) is 17.2 Å². The molecule has 0 radical (unpaired) electrons. The Bertz CT molecular complexity index is 1100. The Labute approximate surface area is 170 Å². The molecule has 0 unspecified atom stereocenters. The van der Waals surface area contributed by atoms with Crippen LogP contribution in [0.3, 0.4) is 0 Å². The molecule has 0 fully saturated rings. The topological polar surface area (TPSA) is 48.0 Å². The van der Waals surface area contributed by atoms with E-state index in [1.165, 1.54) is 0 Å². The third-order valence-corrected chi connectivity index (χ3v) is 4.98. The number of aryl methyl sites for hydroxylation is 1. The molecule has 6 nitrogen and oxygen atoms in total. The highest BCUT2D eigenvalue weighted by atomic mass is 16.5. The van der Waals surface area contributed by atoms with Gasteiger partial charge < -0.3 is 23.5 Å². The second-order valence-corrected chi connectivity index (χ2v) is 6.56. The van der Waals surface area contributed by atoms with Crippen LogP contribution in [0.4, 0.5) is 5.69 Å². The molecule has 4 rings (SSSR count). The number of hydrogen-bond donors (Lipinski definition) is 0. The van der Waals surface area contributed by atoms with Crippen LogP contribution in [0.2, 0.25) is 0 Å². The first-order chi connectivity index (χ1) is 14.2. The van der Waals surface area contributed by atoms with E-state index in [0.717, 1.165) is 58.9 Å². The summed E-state index contributed by atoms with van der Waals surface area (Å²) < 4.78 is 24.8. The number of methoxy groups -OCH3 is 2. The number of benzene rings is 2. The van der Waals surface area contributed by atoms with Crippen LogP contribution in [0.25, 0.3) is 17.2 Å². The van der Waals surface area contributed by atoms with Gasteiger partial charge in [-0.05, 0) is 50.3 Å². The van der Waals surface area contributed by atoms with Gasteiger partial charge in [-0.25, -0.2) is 0 Å². The quantitative estimate of drug-likeness (QED) is 0.576. The van der Waals surface area contributed by atoms with Gasteiger partial charge in [0.25, 0.3) is 5.52 Å². The zero-order valence-electron chi connectivity index (χ0n) is 17.1. The van der Waals surface area contributed by atoms with Crippen LogP contribution < -0.4 is 23.7 Å². The molecule has 2 heterocycles. The summed E-state index contributed by atoms with van der Waals surface area (Å²) in [6, 6.07) is 11.6. The fourth-order valence-corrected chi connectivity index (χ4v) is 3.53. The van der Waals surface area contributed by atoms with Gasteiger partial charge >= 0.3 is 5.89 Å². The first kappa shape index (κ1) is 18.9. The largest absolute Gasteiger partial charge is 0.497 e. The molecule has 0 bridgehead atoms. The Kier molecular flexibility index (Phi) is 5.16. The molecular formula is C23H25N2O4+. The van der Waals surface area contributed by atoms with Crippen molar-refractivity contribution in [1.82, 2.24) is 0 Å². The van der Waals surface area contributed by atoms with E-state index in [2.05, 4.69) is 23.3 Å². The highest BCUT2D eigenvalue weighted by molar-refractivity contribution is 5.72. The van der Waals surface area contributed by atoms with E-state index in [1.54, 1.807) is 14.2 Å². The van der Waals surface area contributed by atoms with Gasteiger partial charge in [-0.15, -0.1) is 0 Å². The van der Waals surface area contributed by atoms with Crippen LogP contribution in [0.15, 0.2) is 58.9 Å². The highest BCUT2D eigenvalue weighted by Crippen LogP contribution is 2.41. The van der Waals surface area contributed by atoms with Gasteiger partial charge in [-0.3, -0.25) is 0 Å². The average molecular weight is 393 g/mol. The predicted molar refractivity (Wildman–Crippen MR) is 112 cm³/mol. The molecule has 0 spiro atoms. The fourth-order valence-electron chi connectivity index (χ4n) is 3.53. The van der Waals surface area contributed by atoms with Crippen molar-refractivity contribution in [2.75, 3.05) is 25.7 Å². The van der Waals surface area contributed by atoms with Crippen molar-refractivity contribution < 1.29 is 23.2 Å². The zero-order chi connectivity index (χ0) is 20.4. The number of fused-ring (bicyclic) bond motifs is 2. The van der Waals surface area contributed by atoms with Gasteiger partial charge in [0.2, 0.25) is 11.5 Å². The average Bonchev–Trinajstić information content (AvgIpc) is 3.29. The predicted octanol–water partition coefficient (Wildman–Crippen LogP) is 4.53. The van der Waals surface area contributed by atoms with Gasteiger partial charge in [0, 0.05) is 12.6 Å². The highest BCUT2D eigenvalue weighted by Gasteiger charge is 2.25. The summed E-state index contributed by atoms with van der Waals surface area (Å²) in [5.74, 6) is 3.99. The Morgan fingerprint density at radius 2 is 1.79 bits per heavy atom. The number of rotatable bonds is 6. The second kappa shape index (κ2) is 7.91. The van der Waals surface area contributed by atoms with Crippen molar-refractivity contribution in [2.45, 2.75) is 20.4 Å². The number of allylic oxidation sites excluding steroid dienone is 2. The second-order valence-electron chi connectivity index (χ2n) is 6.56. The van der Waals surface area contributed by atoms with Crippen molar-refractivity contribution in [1.29, 1.82) is 0 Å². The number of nitrogens with zero attached hydrogens (tertiary/aromatic N) is 2. The Morgan fingerprint density at radius 1 is 1.03 bits per heavy atom. The molecule has 1 aliphatic heterocycles. The Morgan fingerprint density at radius 3 is 2.52 bits per heavy atom. The molecule has 0 aliphatic carbocycles. The number of ether oxygens (including phenoxy) is 3. The maximum atomic E-state index is 6.02. The van der Waals surface area contributed by atoms with Gasteiger partial charge in [-0.2, -0.15) is 4.57 Å². The smallest absolute Gasteiger partial charge is 0.374 e. The maximum Gasteiger partial charge on any atom is 0.374 e. The van der Waals surface area contributed by atoms with Crippen molar-refractivity contribution in [3.05, 3.63) is 60.3 Å². The molecule has 1 aromatic heterocycles. The van der Waals surface area contributed by atoms with Crippen LogP contribution in [-0.4, -0.2) is 20.8 Å². The summed E-state index contributed by atoms with van der Waals surface area (Å²) in [6.07, 6.45) is 5.84. The van der Waals surface area contributed by atoms with Gasteiger partial charge in [0.15, 0.2) is 5.75 Å². The SMILES string of the molecule is CCN1/C(=C\C=C\c2oc3ccc(OC)cc3[n+]2CC)Oc2ccc(OC)cc21. The minimum Gasteiger partial charge on any atom is -0.497 e. The van der Waals surface area contributed by atoms with E-state index in [-0.39, 0.29) is 0 Å². The molecule has 150 valence electrons. The lowest BCUT2D eigenvalue weighted by atomic mass is 10.2. The summed E-state index contributed by atoms with van der Waals surface area (Å²) in [7, 11) is 3.33. The summed E-state index contributed by atoms with van der Waals surface area (Å²) in [4.78, 5) is 2.11. The number of anilines is 1. The van der Waals surface area contributed by atoms with Crippen LogP contribution in [0.1, 0.15) is 19.7 Å². The lowest BCUT2D eigenvalue weighted by Crippen LogP contribution is -2.33. The normalized spacial score (nSPS) is 14.6. The van der Waals surface area contributed by atoms with Crippen LogP contribution in [-0.2, 0) is 6.54 Å². The van der Waals surface area contributed by atoms with E-state index in [0.29, 0.717) is 0 Å². The maximum absolute atomic E-state index is 6.02. The van der Waals surface area contributed by atoms with Crippen molar-refractivity contribution in [2.24, 2.45) is 0 Å². The molecule has 2 aromatic carbocycles. The number of hydrogen-bond acceptors (Lipinski definition) is 5. The molecule has 29 heavy (non-hydrogen) atoms. The molecule has 6 heteroatoms. The van der Waals surface area contributed by atoms with Crippen LogP contribution >= 0.6 is 0 Å². The van der Waals surface area contributed by atoms with E-state index in [9.17, 15) is 0 Å².